The van der Waals surface area contributed by atoms with E-state index in [1.807, 2.05) is 0 Å². The van der Waals surface area contributed by atoms with Gasteiger partial charge in [0.25, 0.3) is 0 Å². The van der Waals surface area contributed by atoms with Crippen molar-refractivity contribution in [1.82, 2.24) is 4.90 Å². The molecule has 1 heterocycles. The number of ether oxygens (including phenoxy) is 1. The van der Waals surface area contributed by atoms with Gasteiger partial charge in [-0.3, -0.25) is 4.90 Å². The predicted molar refractivity (Wildman–Crippen MR) is 61.9 cm³/mol. The standard InChI is InChI=1S/C12H24N2O/c1-2-11-9-14(7-8-15-11)10-12(13)5-3-4-6-12/h11H,2-10,13H2,1H3. The molecule has 0 bridgehead atoms. The predicted octanol–water partition coefficient (Wildman–Crippen LogP) is 1.37. The third kappa shape index (κ3) is 2.92. The Kier molecular flexibility index (Phi) is 3.65. The van der Waals surface area contributed by atoms with Crippen molar-refractivity contribution in [1.29, 1.82) is 0 Å². The van der Waals surface area contributed by atoms with Gasteiger partial charge in [0.05, 0.1) is 12.7 Å². The second kappa shape index (κ2) is 4.81. The van der Waals surface area contributed by atoms with Crippen molar-refractivity contribution in [2.75, 3.05) is 26.2 Å². The van der Waals surface area contributed by atoms with Gasteiger partial charge in [-0.2, -0.15) is 0 Å². The SMILES string of the molecule is CCC1CN(CC2(N)CCCC2)CCO1. The molecule has 1 unspecified atom stereocenters. The zero-order valence-corrected chi connectivity index (χ0v) is 9.87. The average molecular weight is 212 g/mol. The minimum atomic E-state index is 0.107. The molecule has 2 N–H and O–H groups in total. The second-order valence-corrected chi connectivity index (χ2v) is 5.21. The van der Waals surface area contributed by atoms with E-state index >= 15 is 0 Å². The van der Waals surface area contributed by atoms with Crippen LogP contribution in [0.2, 0.25) is 0 Å². The quantitative estimate of drug-likeness (QED) is 0.768. The maximum absolute atomic E-state index is 6.39. The lowest BCUT2D eigenvalue weighted by Gasteiger charge is -2.37. The van der Waals surface area contributed by atoms with E-state index in [-0.39, 0.29) is 5.54 Å². The highest BCUT2D eigenvalue weighted by atomic mass is 16.5. The summed E-state index contributed by atoms with van der Waals surface area (Å²) in [5, 5.41) is 0. The third-order valence-electron chi connectivity index (χ3n) is 3.82. The second-order valence-electron chi connectivity index (χ2n) is 5.21. The van der Waals surface area contributed by atoms with E-state index < -0.39 is 0 Å². The highest BCUT2D eigenvalue weighted by Crippen LogP contribution is 2.28. The molecule has 15 heavy (non-hydrogen) atoms. The summed E-state index contributed by atoms with van der Waals surface area (Å²) >= 11 is 0. The molecule has 1 saturated carbocycles. The summed E-state index contributed by atoms with van der Waals surface area (Å²) in [6.07, 6.45) is 6.61. The highest BCUT2D eigenvalue weighted by Gasteiger charge is 2.32. The molecule has 2 aliphatic rings. The largest absolute Gasteiger partial charge is 0.376 e. The van der Waals surface area contributed by atoms with Gasteiger partial charge in [-0.05, 0) is 19.3 Å². The van der Waals surface area contributed by atoms with Crippen LogP contribution in [0.1, 0.15) is 39.0 Å². The smallest absolute Gasteiger partial charge is 0.0700 e. The van der Waals surface area contributed by atoms with E-state index in [0.717, 1.165) is 32.7 Å². The Labute approximate surface area is 93.0 Å². The molecular formula is C12H24N2O. The fourth-order valence-electron chi connectivity index (χ4n) is 2.85. The first kappa shape index (κ1) is 11.4. The minimum Gasteiger partial charge on any atom is -0.376 e. The van der Waals surface area contributed by atoms with E-state index in [9.17, 15) is 0 Å². The number of morpholine rings is 1. The Morgan fingerprint density at radius 2 is 2.13 bits per heavy atom. The van der Waals surface area contributed by atoms with Crippen molar-refractivity contribution in [2.45, 2.75) is 50.7 Å². The van der Waals surface area contributed by atoms with Crippen LogP contribution in [0.25, 0.3) is 0 Å². The van der Waals surface area contributed by atoms with Gasteiger partial charge in [-0.25, -0.2) is 0 Å². The lowest BCUT2D eigenvalue weighted by molar-refractivity contribution is -0.0355. The lowest BCUT2D eigenvalue weighted by Crippen LogP contribution is -2.53. The zero-order chi connectivity index (χ0) is 10.7. The molecule has 2 rings (SSSR count). The van der Waals surface area contributed by atoms with Crippen molar-refractivity contribution in [3.63, 3.8) is 0 Å². The Morgan fingerprint density at radius 3 is 2.80 bits per heavy atom. The molecule has 0 amide bonds. The Balaban J connectivity index is 1.83. The van der Waals surface area contributed by atoms with Crippen molar-refractivity contribution in [3.05, 3.63) is 0 Å². The normalized spacial score (nSPS) is 32.0. The summed E-state index contributed by atoms with van der Waals surface area (Å²) in [7, 11) is 0. The van der Waals surface area contributed by atoms with Crippen LogP contribution in [-0.2, 0) is 4.74 Å². The number of hydrogen-bond acceptors (Lipinski definition) is 3. The molecule has 1 aliphatic carbocycles. The molecule has 1 aliphatic heterocycles. The third-order valence-corrected chi connectivity index (χ3v) is 3.82. The molecule has 1 atom stereocenters. The number of nitrogens with zero attached hydrogens (tertiary/aromatic N) is 1. The fourth-order valence-corrected chi connectivity index (χ4v) is 2.85. The maximum atomic E-state index is 6.39. The zero-order valence-electron chi connectivity index (χ0n) is 9.87. The Bertz CT molecular complexity index is 202. The van der Waals surface area contributed by atoms with E-state index in [4.69, 9.17) is 10.5 Å². The van der Waals surface area contributed by atoms with Crippen molar-refractivity contribution in [2.24, 2.45) is 5.73 Å². The van der Waals surface area contributed by atoms with Gasteiger partial charge in [-0.15, -0.1) is 0 Å². The first-order chi connectivity index (χ1) is 7.22. The lowest BCUT2D eigenvalue weighted by atomic mass is 9.98. The van der Waals surface area contributed by atoms with Crippen LogP contribution >= 0.6 is 0 Å². The summed E-state index contributed by atoms with van der Waals surface area (Å²) in [6, 6.07) is 0. The molecule has 1 saturated heterocycles. The average Bonchev–Trinajstić information content (AvgIpc) is 2.65. The number of hydrogen-bond donors (Lipinski definition) is 1. The Morgan fingerprint density at radius 1 is 1.40 bits per heavy atom. The highest BCUT2D eigenvalue weighted by molar-refractivity contribution is 4.92. The molecule has 0 spiro atoms. The van der Waals surface area contributed by atoms with Crippen LogP contribution in [-0.4, -0.2) is 42.8 Å². The molecule has 3 heteroatoms. The van der Waals surface area contributed by atoms with Crippen LogP contribution < -0.4 is 5.73 Å². The van der Waals surface area contributed by atoms with Crippen LogP contribution in [0.5, 0.6) is 0 Å². The van der Waals surface area contributed by atoms with Crippen molar-refractivity contribution in [3.8, 4) is 0 Å². The van der Waals surface area contributed by atoms with Crippen LogP contribution in [0.3, 0.4) is 0 Å². The van der Waals surface area contributed by atoms with Gasteiger partial charge >= 0.3 is 0 Å². The fraction of sp³-hybridized carbons (Fsp3) is 1.00. The summed E-state index contributed by atoms with van der Waals surface area (Å²) in [5.41, 5.74) is 6.50. The summed E-state index contributed by atoms with van der Waals surface area (Å²) in [5.74, 6) is 0. The van der Waals surface area contributed by atoms with E-state index in [1.165, 1.54) is 25.7 Å². The maximum Gasteiger partial charge on any atom is 0.0700 e. The van der Waals surface area contributed by atoms with E-state index in [0.29, 0.717) is 6.10 Å². The van der Waals surface area contributed by atoms with Crippen LogP contribution in [0.15, 0.2) is 0 Å². The molecule has 0 radical (unpaired) electrons. The number of rotatable bonds is 3. The first-order valence-corrected chi connectivity index (χ1v) is 6.35. The van der Waals surface area contributed by atoms with Gasteiger partial charge in [0.1, 0.15) is 0 Å². The summed E-state index contributed by atoms with van der Waals surface area (Å²) in [4.78, 5) is 2.50. The van der Waals surface area contributed by atoms with E-state index in [2.05, 4.69) is 11.8 Å². The van der Waals surface area contributed by atoms with Crippen LogP contribution in [0.4, 0.5) is 0 Å². The Hall–Kier alpha value is -0.120. The molecule has 2 fully saturated rings. The van der Waals surface area contributed by atoms with Crippen molar-refractivity contribution >= 4 is 0 Å². The first-order valence-electron chi connectivity index (χ1n) is 6.35. The van der Waals surface area contributed by atoms with Gasteiger partial charge in [0.2, 0.25) is 0 Å². The molecular weight excluding hydrogens is 188 g/mol. The summed E-state index contributed by atoms with van der Waals surface area (Å²) < 4.78 is 5.67. The number of nitrogens with two attached hydrogens (primary N) is 1. The van der Waals surface area contributed by atoms with Gasteiger partial charge in [0.15, 0.2) is 0 Å². The molecule has 0 aromatic carbocycles. The van der Waals surface area contributed by atoms with Crippen molar-refractivity contribution < 1.29 is 4.74 Å². The molecule has 3 nitrogen and oxygen atoms in total. The minimum absolute atomic E-state index is 0.107. The van der Waals surface area contributed by atoms with Gasteiger partial charge < -0.3 is 10.5 Å². The van der Waals surface area contributed by atoms with Gasteiger partial charge in [0, 0.05) is 25.2 Å². The molecule has 88 valence electrons. The molecule has 0 aromatic heterocycles. The topological polar surface area (TPSA) is 38.5 Å². The molecule has 0 aromatic rings. The monoisotopic (exact) mass is 212 g/mol. The summed E-state index contributed by atoms with van der Waals surface area (Å²) in [6.45, 7) is 6.30. The van der Waals surface area contributed by atoms with Gasteiger partial charge in [-0.1, -0.05) is 19.8 Å². The van der Waals surface area contributed by atoms with E-state index in [1.54, 1.807) is 0 Å². The van der Waals surface area contributed by atoms with Crippen LogP contribution in [0, 0.1) is 0 Å².